The molecule has 0 saturated carbocycles. The van der Waals surface area contributed by atoms with Crippen molar-refractivity contribution in [2.45, 2.75) is 52.4 Å². The van der Waals surface area contributed by atoms with Crippen LogP contribution in [0.2, 0.25) is 0 Å². The summed E-state index contributed by atoms with van der Waals surface area (Å²) in [6, 6.07) is 20.5. The van der Waals surface area contributed by atoms with E-state index in [-0.39, 0.29) is 21.1 Å². The second-order valence-corrected chi connectivity index (χ2v) is 11.5. The summed E-state index contributed by atoms with van der Waals surface area (Å²) < 4.78 is 4.25. The smallest absolute Gasteiger partial charge is 0.438 e. The van der Waals surface area contributed by atoms with Crippen molar-refractivity contribution in [2.24, 2.45) is 0 Å². The van der Waals surface area contributed by atoms with E-state index in [2.05, 4.69) is 61.1 Å². The first kappa shape index (κ1) is 27.2. The average molecular weight is 722 g/mol. The Labute approximate surface area is 253 Å². The van der Waals surface area contributed by atoms with Crippen LogP contribution in [0.3, 0.4) is 0 Å². The fourth-order valence-corrected chi connectivity index (χ4v) is 5.90. The number of nitrogens with zero attached hydrogens (tertiary/aromatic N) is 8. The summed E-state index contributed by atoms with van der Waals surface area (Å²) in [7, 11) is 0. The number of para-hydroxylation sites is 2. The van der Waals surface area contributed by atoms with Gasteiger partial charge in [-0.25, -0.2) is 9.97 Å². The van der Waals surface area contributed by atoms with Crippen LogP contribution < -0.4 is 9.97 Å². The van der Waals surface area contributed by atoms with Crippen LogP contribution in [0.15, 0.2) is 73.1 Å². The summed E-state index contributed by atoms with van der Waals surface area (Å²) >= 11 is 0. The molecule has 0 amide bonds. The van der Waals surface area contributed by atoms with Crippen LogP contribution in [0.25, 0.3) is 34.4 Å². The quantitative estimate of drug-likeness (QED) is 0.229. The summed E-state index contributed by atoms with van der Waals surface area (Å²) in [6.45, 7) is 12.6. The molecule has 6 aromatic rings. The first-order valence-electron chi connectivity index (χ1n) is 13.5. The molecule has 1 aliphatic rings. The maximum absolute atomic E-state index is 5.17. The molecule has 7 rings (SSSR count). The summed E-state index contributed by atoms with van der Waals surface area (Å²) in [5, 5.41) is 0. The van der Waals surface area contributed by atoms with E-state index in [1.54, 1.807) is 0 Å². The van der Waals surface area contributed by atoms with Crippen molar-refractivity contribution in [3.63, 3.8) is 0 Å². The zero-order chi connectivity index (χ0) is 27.8. The molecule has 208 valence electrons. The summed E-state index contributed by atoms with van der Waals surface area (Å²) in [5.41, 5.74) is 5.78. The van der Waals surface area contributed by atoms with E-state index < -0.39 is 10.8 Å². The zero-order valence-corrected chi connectivity index (χ0v) is 26.1. The van der Waals surface area contributed by atoms with E-state index >= 15 is 0 Å². The average Bonchev–Trinajstić information content (AvgIpc) is 3.73. The Morgan fingerprint density at radius 2 is 0.927 bits per heavy atom. The molecule has 9 heteroatoms. The normalized spacial score (nSPS) is 14.8. The first-order valence-corrected chi connectivity index (χ1v) is 13.5. The minimum Gasteiger partial charge on any atom is -0.438 e. The Kier molecular flexibility index (Phi) is 6.31. The Morgan fingerprint density at radius 3 is 1.29 bits per heavy atom. The van der Waals surface area contributed by atoms with Crippen molar-refractivity contribution >= 4 is 0 Å². The van der Waals surface area contributed by atoms with Gasteiger partial charge in [0.2, 0.25) is 0 Å². The number of hydrogen-bond acceptors (Lipinski definition) is 4. The Bertz CT molecular complexity index is 1730. The molecular formula is C32H30N8Pt. The Balaban J connectivity index is 0.00000302. The molecule has 0 spiro atoms. The van der Waals surface area contributed by atoms with Crippen LogP contribution in [0.1, 0.15) is 62.1 Å². The molecule has 0 fully saturated rings. The third kappa shape index (κ3) is 4.15. The van der Waals surface area contributed by atoms with E-state index in [4.69, 9.17) is 29.9 Å². The summed E-state index contributed by atoms with van der Waals surface area (Å²) in [4.78, 5) is 30.4. The van der Waals surface area contributed by atoms with Gasteiger partial charge in [-0.2, -0.15) is 0 Å². The van der Waals surface area contributed by atoms with Gasteiger partial charge in [0.15, 0.2) is 0 Å². The summed E-state index contributed by atoms with van der Waals surface area (Å²) in [6.07, 6.45) is 4.07. The number of rotatable bonds is 2. The molecule has 0 N–H and O–H groups in total. The third-order valence-corrected chi connectivity index (χ3v) is 7.91. The second kappa shape index (κ2) is 9.52. The van der Waals surface area contributed by atoms with E-state index in [1.165, 1.54) is 0 Å². The molecule has 1 aliphatic heterocycles. The summed E-state index contributed by atoms with van der Waals surface area (Å²) in [5.74, 6) is 2.90. The first-order chi connectivity index (χ1) is 19.1. The van der Waals surface area contributed by atoms with E-state index in [0.29, 0.717) is 11.6 Å². The van der Waals surface area contributed by atoms with Crippen LogP contribution in [0.4, 0.5) is 0 Å². The van der Waals surface area contributed by atoms with Crippen molar-refractivity contribution in [1.82, 2.24) is 39.0 Å². The topological polar surface area (TPSA) is 89.6 Å². The Morgan fingerprint density at radius 1 is 0.561 bits per heavy atom. The number of hydrogen-bond donors (Lipinski definition) is 0. The third-order valence-electron chi connectivity index (χ3n) is 7.91. The van der Waals surface area contributed by atoms with Gasteiger partial charge in [-0.3, -0.25) is 0 Å². The van der Waals surface area contributed by atoms with Crippen molar-refractivity contribution < 1.29 is 21.1 Å². The van der Waals surface area contributed by atoms with Gasteiger partial charge in [0, 0.05) is 34.6 Å². The van der Waals surface area contributed by atoms with E-state index in [9.17, 15) is 0 Å². The number of aryl methyl sites for hydroxylation is 2. The van der Waals surface area contributed by atoms with E-state index in [1.807, 2.05) is 62.6 Å². The standard InChI is InChI=1S/C32H30N8.Pt/c1-19-25-31(3,4)29-36-24(18-39(29)21-13-9-7-10-14-21)28-34-20(2)26(38-28)32(5,6)30-35-23(27(33-19)37-25)17-40(30)22-15-11-8-12-16-22;/h7-18H,1-6H3;/q-2;+2. The predicted molar refractivity (Wildman–Crippen MR) is 154 cm³/mol. The molecule has 4 aromatic heterocycles. The van der Waals surface area contributed by atoms with Gasteiger partial charge in [-0.05, 0) is 77.5 Å². The fourth-order valence-electron chi connectivity index (χ4n) is 5.90. The van der Waals surface area contributed by atoms with Crippen LogP contribution in [0, 0.1) is 13.8 Å². The van der Waals surface area contributed by atoms with Gasteiger partial charge < -0.3 is 29.1 Å². The molecule has 0 radical (unpaired) electrons. The number of aromatic nitrogens is 8. The van der Waals surface area contributed by atoms with Gasteiger partial charge in [0.05, 0.1) is 11.4 Å². The van der Waals surface area contributed by atoms with Crippen molar-refractivity contribution in [1.29, 1.82) is 0 Å². The fraction of sp³-hybridized carbons (Fsp3) is 0.250. The molecule has 8 bridgehead atoms. The van der Waals surface area contributed by atoms with Gasteiger partial charge in [0.1, 0.15) is 11.6 Å². The van der Waals surface area contributed by atoms with Crippen LogP contribution in [-0.4, -0.2) is 29.1 Å². The van der Waals surface area contributed by atoms with Gasteiger partial charge >= 0.3 is 21.1 Å². The molecule has 5 heterocycles. The van der Waals surface area contributed by atoms with Crippen LogP contribution in [0.5, 0.6) is 0 Å². The molecule has 41 heavy (non-hydrogen) atoms. The van der Waals surface area contributed by atoms with Crippen molar-refractivity contribution in [2.75, 3.05) is 0 Å². The molecular weight excluding hydrogens is 691 g/mol. The number of fused-ring (bicyclic) bond motifs is 10. The minimum atomic E-state index is -0.567. The number of imidazole rings is 4. The predicted octanol–water partition coefficient (Wildman–Crippen LogP) is 5.68. The molecule has 0 aliphatic carbocycles. The minimum absolute atomic E-state index is 0. The number of benzene rings is 2. The van der Waals surface area contributed by atoms with Gasteiger partial charge in [-0.15, -0.1) is 0 Å². The second-order valence-electron chi connectivity index (χ2n) is 11.5. The molecule has 8 nitrogen and oxygen atoms in total. The zero-order valence-electron chi connectivity index (χ0n) is 23.8. The molecule has 0 saturated heterocycles. The maximum Gasteiger partial charge on any atom is 2.00 e. The molecule has 2 aromatic carbocycles. The molecule has 0 atom stereocenters. The van der Waals surface area contributed by atoms with Crippen molar-refractivity contribution in [3.8, 4) is 34.4 Å². The van der Waals surface area contributed by atoms with Crippen LogP contribution in [-0.2, 0) is 31.9 Å². The maximum atomic E-state index is 5.17. The van der Waals surface area contributed by atoms with E-state index in [0.717, 1.165) is 57.2 Å². The monoisotopic (exact) mass is 721 g/mol. The van der Waals surface area contributed by atoms with Crippen molar-refractivity contribution in [3.05, 3.63) is 107 Å². The SMILES string of the molecule is Cc1nc2[n-]c1C(C)(C)c1nc(cn1-c1ccccc1)-c1nc(C)c([n-]1)C(C)(C)c1nc-2cn1-c1ccccc1.[Pt+2]. The molecule has 0 unspecified atom stereocenters. The van der Waals surface area contributed by atoms with Crippen LogP contribution >= 0.6 is 0 Å². The van der Waals surface area contributed by atoms with Gasteiger partial charge in [0.25, 0.3) is 0 Å². The van der Waals surface area contributed by atoms with Gasteiger partial charge in [-0.1, -0.05) is 59.2 Å². The Hall–Kier alpha value is -4.03. The largest absolute Gasteiger partial charge is 2.00 e.